The quantitative estimate of drug-likeness (QED) is 0.656. The van der Waals surface area contributed by atoms with Crippen LogP contribution in [0.5, 0.6) is 0 Å². The Morgan fingerprint density at radius 3 is 2.13 bits per heavy atom. The third kappa shape index (κ3) is 1.68. The Morgan fingerprint density at radius 2 is 1.73 bits per heavy atom. The van der Waals surface area contributed by atoms with E-state index in [9.17, 15) is 0 Å². The Labute approximate surface area is 91.1 Å². The van der Waals surface area contributed by atoms with Gasteiger partial charge in [0.2, 0.25) is 0 Å². The molecule has 0 aromatic heterocycles. The minimum Gasteiger partial charge on any atom is -0.228 e. The molecule has 1 heterocycles. The van der Waals surface area contributed by atoms with Gasteiger partial charge in [0.15, 0.2) is 5.60 Å². The number of rotatable bonds is 1. The van der Waals surface area contributed by atoms with Gasteiger partial charge in [-0.25, -0.2) is 9.78 Å². The first-order chi connectivity index (χ1) is 6.94. The van der Waals surface area contributed by atoms with Crippen LogP contribution in [0, 0.1) is 5.41 Å². The molecule has 1 aliphatic rings. The molecule has 2 unspecified atom stereocenters. The van der Waals surface area contributed by atoms with E-state index in [4.69, 9.17) is 9.78 Å². The number of benzene rings is 1. The molecule has 1 fully saturated rings. The molecule has 2 nitrogen and oxygen atoms in total. The molecule has 0 aliphatic carbocycles. The highest BCUT2D eigenvalue weighted by atomic mass is 17.3. The second-order valence-corrected chi connectivity index (χ2v) is 5.40. The average molecular weight is 206 g/mol. The van der Waals surface area contributed by atoms with Crippen molar-refractivity contribution in [2.45, 2.75) is 39.4 Å². The van der Waals surface area contributed by atoms with Crippen LogP contribution in [0.2, 0.25) is 0 Å². The van der Waals surface area contributed by atoms with Crippen molar-refractivity contribution in [2.24, 2.45) is 5.41 Å². The largest absolute Gasteiger partial charge is 0.228 e. The molecule has 0 radical (unpaired) electrons. The second kappa shape index (κ2) is 3.32. The fourth-order valence-corrected chi connectivity index (χ4v) is 2.18. The SMILES string of the molecule is CC(C)(C)C1OOC1(C)c1ccccc1. The third-order valence-electron chi connectivity index (χ3n) is 2.95. The van der Waals surface area contributed by atoms with Crippen LogP contribution in [0.4, 0.5) is 0 Å². The molecule has 1 aromatic carbocycles. The first-order valence-electron chi connectivity index (χ1n) is 5.34. The highest BCUT2D eigenvalue weighted by molar-refractivity contribution is 5.25. The van der Waals surface area contributed by atoms with E-state index in [1.54, 1.807) is 0 Å². The van der Waals surface area contributed by atoms with Crippen LogP contribution < -0.4 is 0 Å². The lowest BCUT2D eigenvalue weighted by molar-refractivity contribution is -0.529. The summed E-state index contributed by atoms with van der Waals surface area (Å²) in [5.74, 6) is 0. The maximum atomic E-state index is 5.34. The van der Waals surface area contributed by atoms with Crippen molar-refractivity contribution in [1.82, 2.24) is 0 Å². The van der Waals surface area contributed by atoms with Gasteiger partial charge in [-0.3, -0.25) is 0 Å². The average Bonchev–Trinajstić information content (AvgIpc) is 2.14. The van der Waals surface area contributed by atoms with Crippen LogP contribution in [-0.2, 0) is 15.4 Å². The molecule has 0 N–H and O–H groups in total. The van der Waals surface area contributed by atoms with E-state index >= 15 is 0 Å². The lowest BCUT2D eigenvalue weighted by Crippen LogP contribution is -2.57. The Morgan fingerprint density at radius 1 is 1.13 bits per heavy atom. The highest BCUT2D eigenvalue weighted by Gasteiger charge is 2.54. The van der Waals surface area contributed by atoms with E-state index < -0.39 is 0 Å². The van der Waals surface area contributed by atoms with Crippen LogP contribution in [0.25, 0.3) is 0 Å². The molecule has 1 saturated heterocycles. The summed E-state index contributed by atoms with van der Waals surface area (Å²) in [6.45, 7) is 8.59. The van der Waals surface area contributed by atoms with Crippen molar-refractivity contribution < 1.29 is 9.78 Å². The molecule has 2 atom stereocenters. The predicted molar refractivity (Wildman–Crippen MR) is 59.2 cm³/mol. The van der Waals surface area contributed by atoms with E-state index in [-0.39, 0.29) is 17.1 Å². The molecule has 0 spiro atoms. The number of hydrogen-bond donors (Lipinski definition) is 0. The fraction of sp³-hybridized carbons (Fsp3) is 0.538. The van der Waals surface area contributed by atoms with Gasteiger partial charge in [0, 0.05) is 0 Å². The molecule has 2 rings (SSSR count). The summed E-state index contributed by atoms with van der Waals surface area (Å²) >= 11 is 0. The van der Waals surface area contributed by atoms with Crippen LogP contribution in [0.3, 0.4) is 0 Å². The van der Waals surface area contributed by atoms with E-state index in [1.807, 2.05) is 18.2 Å². The Balaban J connectivity index is 2.29. The first-order valence-corrected chi connectivity index (χ1v) is 5.34. The molecular formula is C13H18O2. The predicted octanol–water partition coefficient (Wildman–Crippen LogP) is 3.28. The summed E-state index contributed by atoms with van der Waals surface area (Å²) in [6, 6.07) is 10.2. The van der Waals surface area contributed by atoms with Crippen LogP contribution in [0.15, 0.2) is 30.3 Å². The monoisotopic (exact) mass is 206 g/mol. The molecule has 2 heteroatoms. The van der Waals surface area contributed by atoms with Gasteiger partial charge in [0.05, 0.1) is 0 Å². The summed E-state index contributed by atoms with van der Waals surface area (Å²) in [4.78, 5) is 10.6. The van der Waals surface area contributed by atoms with Crippen molar-refractivity contribution in [3.8, 4) is 0 Å². The van der Waals surface area contributed by atoms with Gasteiger partial charge >= 0.3 is 0 Å². The zero-order chi connectivity index (χ0) is 11.1. The maximum Gasteiger partial charge on any atom is 0.155 e. The van der Waals surface area contributed by atoms with Gasteiger partial charge in [-0.1, -0.05) is 51.1 Å². The molecule has 82 valence electrons. The second-order valence-electron chi connectivity index (χ2n) is 5.40. The highest BCUT2D eigenvalue weighted by Crippen LogP contribution is 2.47. The van der Waals surface area contributed by atoms with Gasteiger partial charge in [-0.05, 0) is 17.9 Å². The summed E-state index contributed by atoms with van der Waals surface area (Å²) < 4.78 is 0. The topological polar surface area (TPSA) is 18.5 Å². The summed E-state index contributed by atoms with van der Waals surface area (Å²) in [5.41, 5.74) is 0.957. The zero-order valence-corrected chi connectivity index (χ0v) is 9.78. The normalized spacial score (nSPS) is 31.1. The lowest BCUT2D eigenvalue weighted by Gasteiger charge is -2.50. The van der Waals surface area contributed by atoms with Gasteiger partial charge in [0.1, 0.15) is 6.10 Å². The molecular weight excluding hydrogens is 188 g/mol. The van der Waals surface area contributed by atoms with Crippen LogP contribution in [0.1, 0.15) is 33.3 Å². The summed E-state index contributed by atoms with van der Waals surface area (Å²) in [5, 5.41) is 0. The zero-order valence-electron chi connectivity index (χ0n) is 9.78. The molecule has 1 aliphatic heterocycles. The van der Waals surface area contributed by atoms with Crippen molar-refractivity contribution >= 4 is 0 Å². The lowest BCUT2D eigenvalue weighted by atomic mass is 9.75. The van der Waals surface area contributed by atoms with Crippen molar-refractivity contribution in [1.29, 1.82) is 0 Å². The fourth-order valence-electron chi connectivity index (χ4n) is 2.18. The standard InChI is InChI=1S/C13H18O2/c1-12(2,3)11-13(4,15-14-11)10-8-6-5-7-9-10/h5-9,11H,1-4H3. The van der Waals surface area contributed by atoms with Gasteiger partial charge in [-0.15, -0.1) is 0 Å². The van der Waals surface area contributed by atoms with E-state index in [1.165, 1.54) is 5.56 Å². The Hall–Kier alpha value is -0.860. The smallest absolute Gasteiger partial charge is 0.155 e. The first kappa shape index (κ1) is 10.7. The van der Waals surface area contributed by atoms with Crippen molar-refractivity contribution in [3.05, 3.63) is 35.9 Å². The number of hydrogen-bond acceptors (Lipinski definition) is 2. The minimum absolute atomic E-state index is 0.0862. The molecule has 15 heavy (non-hydrogen) atoms. The van der Waals surface area contributed by atoms with Crippen molar-refractivity contribution in [2.75, 3.05) is 0 Å². The molecule has 0 saturated carbocycles. The van der Waals surface area contributed by atoms with Crippen molar-refractivity contribution in [3.63, 3.8) is 0 Å². The van der Waals surface area contributed by atoms with Gasteiger partial charge < -0.3 is 0 Å². The molecule has 1 aromatic rings. The minimum atomic E-state index is -0.306. The van der Waals surface area contributed by atoms with Crippen LogP contribution >= 0.6 is 0 Å². The summed E-state index contributed by atoms with van der Waals surface area (Å²) in [7, 11) is 0. The van der Waals surface area contributed by atoms with Crippen LogP contribution in [-0.4, -0.2) is 6.10 Å². The maximum absolute atomic E-state index is 5.34. The Bertz CT molecular complexity index is 339. The van der Waals surface area contributed by atoms with Gasteiger partial charge in [0.25, 0.3) is 0 Å². The third-order valence-corrected chi connectivity index (χ3v) is 2.95. The van der Waals surface area contributed by atoms with E-state index in [0.717, 1.165) is 0 Å². The Kier molecular flexibility index (Phi) is 2.36. The van der Waals surface area contributed by atoms with E-state index in [2.05, 4.69) is 39.8 Å². The summed E-state index contributed by atoms with van der Waals surface area (Å²) in [6.07, 6.45) is 0.104. The van der Waals surface area contributed by atoms with Gasteiger partial charge in [-0.2, -0.15) is 0 Å². The van der Waals surface area contributed by atoms with E-state index in [0.29, 0.717) is 0 Å². The molecule has 0 bridgehead atoms. The molecule has 0 amide bonds.